The van der Waals surface area contributed by atoms with Crippen LogP contribution in [-0.4, -0.2) is 67.6 Å². The average molecular weight is 473 g/mol. The fourth-order valence-corrected chi connectivity index (χ4v) is 3.19. The molecular weight excluding hydrogens is 437 g/mol. The van der Waals surface area contributed by atoms with E-state index in [1.54, 1.807) is 0 Å². The van der Waals surface area contributed by atoms with Crippen LogP contribution in [0, 0.1) is 6.92 Å². The largest absolute Gasteiger partial charge is 0.357 e. The van der Waals surface area contributed by atoms with Crippen molar-refractivity contribution in [2.24, 2.45) is 4.99 Å². The third kappa shape index (κ3) is 7.40. The molecule has 0 saturated carbocycles. The first-order valence-corrected chi connectivity index (χ1v) is 9.67. The summed E-state index contributed by atoms with van der Waals surface area (Å²) in [5.41, 5.74) is 2.58. The normalized spacial score (nSPS) is 17.5. The summed E-state index contributed by atoms with van der Waals surface area (Å²) in [7, 11) is 0. The molecule has 0 aromatic heterocycles. The van der Waals surface area contributed by atoms with Crippen molar-refractivity contribution < 1.29 is 0 Å². The van der Waals surface area contributed by atoms with E-state index in [4.69, 9.17) is 4.99 Å². The van der Waals surface area contributed by atoms with E-state index in [0.717, 1.165) is 38.7 Å². The molecular formula is C20H36IN5. The van der Waals surface area contributed by atoms with Crippen LogP contribution in [0.3, 0.4) is 0 Å². The van der Waals surface area contributed by atoms with Crippen LogP contribution in [0.1, 0.15) is 31.9 Å². The molecule has 1 unspecified atom stereocenters. The summed E-state index contributed by atoms with van der Waals surface area (Å²) < 4.78 is 0. The highest BCUT2D eigenvalue weighted by atomic mass is 127. The number of hydrogen-bond acceptors (Lipinski definition) is 3. The average Bonchev–Trinajstić information content (AvgIpc) is 2.65. The smallest absolute Gasteiger partial charge is 0.191 e. The number of halogens is 1. The summed E-state index contributed by atoms with van der Waals surface area (Å²) in [5.74, 6) is 0.907. The Morgan fingerprint density at radius 3 is 2.42 bits per heavy atom. The van der Waals surface area contributed by atoms with Crippen molar-refractivity contribution >= 4 is 29.9 Å². The molecule has 2 N–H and O–H groups in total. The maximum atomic E-state index is 4.75. The van der Waals surface area contributed by atoms with Gasteiger partial charge in [0.25, 0.3) is 0 Å². The molecule has 0 radical (unpaired) electrons. The number of benzene rings is 1. The Bertz CT molecular complexity index is 541. The van der Waals surface area contributed by atoms with Crippen LogP contribution in [0.5, 0.6) is 0 Å². The minimum absolute atomic E-state index is 0. The standard InChI is InChI=1S/C20H35N5.HI/c1-5-21-20(23-16-19-10-8-7-9-17(19)3)22-15-18(4)25-13-11-24(6-2)12-14-25;/h7-10,18H,5-6,11-16H2,1-4H3,(H2,21,22,23);1H. The van der Waals surface area contributed by atoms with Crippen LogP contribution in [-0.2, 0) is 6.54 Å². The van der Waals surface area contributed by atoms with Crippen molar-refractivity contribution in [3.8, 4) is 0 Å². The predicted octanol–water partition coefficient (Wildman–Crippen LogP) is 2.69. The molecule has 1 aromatic carbocycles. The van der Waals surface area contributed by atoms with Gasteiger partial charge in [0.1, 0.15) is 0 Å². The molecule has 1 aliphatic heterocycles. The van der Waals surface area contributed by atoms with Crippen molar-refractivity contribution in [2.45, 2.75) is 40.3 Å². The number of rotatable bonds is 7. The van der Waals surface area contributed by atoms with E-state index in [2.05, 4.69) is 72.4 Å². The SMILES string of the molecule is CCNC(=NCc1ccccc1C)NCC(C)N1CCN(CC)CC1.I. The van der Waals surface area contributed by atoms with Gasteiger partial charge in [0.2, 0.25) is 0 Å². The van der Waals surface area contributed by atoms with Gasteiger partial charge in [-0.25, -0.2) is 4.99 Å². The van der Waals surface area contributed by atoms with Crippen LogP contribution in [0.2, 0.25) is 0 Å². The molecule has 1 fully saturated rings. The van der Waals surface area contributed by atoms with Crippen LogP contribution >= 0.6 is 24.0 Å². The van der Waals surface area contributed by atoms with E-state index < -0.39 is 0 Å². The number of hydrogen-bond donors (Lipinski definition) is 2. The van der Waals surface area contributed by atoms with Gasteiger partial charge < -0.3 is 15.5 Å². The maximum absolute atomic E-state index is 4.75. The third-order valence-corrected chi connectivity index (χ3v) is 5.06. The summed E-state index contributed by atoms with van der Waals surface area (Å²) in [6.07, 6.45) is 0. The zero-order valence-electron chi connectivity index (χ0n) is 16.8. The Morgan fingerprint density at radius 2 is 1.81 bits per heavy atom. The van der Waals surface area contributed by atoms with Gasteiger partial charge >= 0.3 is 0 Å². The summed E-state index contributed by atoms with van der Waals surface area (Å²) in [6, 6.07) is 8.96. The molecule has 2 rings (SSSR count). The summed E-state index contributed by atoms with van der Waals surface area (Å²) in [6.45, 7) is 17.2. The fourth-order valence-electron chi connectivity index (χ4n) is 3.19. The minimum Gasteiger partial charge on any atom is -0.357 e. The minimum atomic E-state index is 0. The van der Waals surface area contributed by atoms with E-state index >= 15 is 0 Å². The van der Waals surface area contributed by atoms with Crippen LogP contribution in [0.25, 0.3) is 0 Å². The summed E-state index contributed by atoms with van der Waals surface area (Å²) >= 11 is 0. The van der Waals surface area contributed by atoms with Crippen LogP contribution < -0.4 is 10.6 Å². The van der Waals surface area contributed by atoms with Crippen molar-refractivity contribution in [3.05, 3.63) is 35.4 Å². The number of aliphatic imine (C=N–C) groups is 1. The number of aryl methyl sites for hydroxylation is 1. The van der Waals surface area contributed by atoms with E-state index in [-0.39, 0.29) is 24.0 Å². The molecule has 1 atom stereocenters. The van der Waals surface area contributed by atoms with Gasteiger partial charge in [-0.2, -0.15) is 0 Å². The van der Waals surface area contributed by atoms with Gasteiger partial charge in [-0.3, -0.25) is 4.90 Å². The molecule has 0 amide bonds. The molecule has 5 nitrogen and oxygen atoms in total. The van der Waals surface area contributed by atoms with Gasteiger partial charge in [-0.15, -0.1) is 24.0 Å². The van der Waals surface area contributed by atoms with Crippen LogP contribution in [0.15, 0.2) is 29.3 Å². The molecule has 6 heteroatoms. The highest BCUT2D eigenvalue weighted by molar-refractivity contribution is 14.0. The number of guanidine groups is 1. The molecule has 1 aromatic rings. The quantitative estimate of drug-likeness (QED) is 0.363. The maximum Gasteiger partial charge on any atom is 0.191 e. The number of nitrogens with zero attached hydrogens (tertiary/aromatic N) is 3. The third-order valence-electron chi connectivity index (χ3n) is 5.06. The summed E-state index contributed by atoms with van der Waals surface area (Å²) in [5, 5.41) is 6.88. The Labute approximate surface area is 176 Å². The van der Waals surface area contributed by atoms with Crippen molar-refractivity contribution in [3.63, 3.8) is 0 Å². The second-order valence-electron chi connectivity index (χ2n) is 6.82. The molecule has 1 saturated heterocycles. The molecule has 1 heterocycles. The van der Waals surface area contributed by atoms with Crippen molar-refractivity contribution in [1.82, 2.24) is 20.4 Å². The predicted molar refractivity (Wildman–Crippen MR) is 123 cm³/mol. The summed E-state index contributed by atoms with van der Waals surface area (Å²) in [4.78, 5) is 9.85. The van der Waals surface area contributed by atoms with Crippen LogP contribution in [0.4, 0.5) is 0 Å². The molecule has 0 aliphatic carbocycles. The first-order chi connectivity index (χ1) is 12.1. The molecule has 0 spiro atoms. The van der Waals surface area contributed by atoms with Gasteiger partial charge in [-0.05, 0) is 38.4 Å². The molecule has 148 valence electrons. The number of piperazine rings is 1. The lowest BCUT2D eigenvalue weighted by molar-refractivity contribution is 0.107. The van der Waals surface area contributed by atoms with Gasteiger partial charge in [0.15, 0.2) is 5.96 Å². The zero-order valence-corrected chi connectivity index (χ0v) is 19.1. The molecule has 0 bridgehead atoms. The van der Waals surface area contributed by atoms with Gasteiger partial charge in [-0.1, -0.05) is 31.2 Å². The molecule has 1 aliphatic rings. The lowest BCUT2D eigenvalue weighted by atomic mass is 10.1. The Kier molecular flexibility index (Phi) is 11.2. The Morgan fingerprint density at radius 1 is 1.12 bits per heavy atom. The van der Waals surface area contributed by atoms with E-state index in [1.807, 2.05) is 0 Å². The monoisotopic (exact) mass is 473 g/mol. The van der Waals surface area contributed by atoms with Gasteiger partial charge in [0.05, 0.1) is 6.54 Å². The lowest BCUT2D eigenvalue weighted by Crippen LogP contribution is -2.53. The first-order valence-electron chi connectivity index (χ1n) is 9.67. The zero-order chi connectivity index (χ0) is 18.1. The van der Waals surface area contributed by atoms with Crippen molar-refractivity contribution in [2.75, 3.05) is 45.8 Å². The van der Waals surface area contributed by atoms with E-state index in [1.165, 1.54) is 24.2 Å². The van der Waals surface area contributed by atoms with E-state index in [0.29, 0.717) is 12.6 Å². The van der Waals surface area contributed by atoms with E-state index in [9.17, 15) is 0 Å². The second-order valence-corrected chi connectivity index (χ2v) is 6.82. The Hall–Kier alpha value is -0.860. The second kappa shape index (κ2) is 12.5. The van der Waals surface area contributed by atoms with Gasteiger partial charge in [0, 0.05) is 45.3 Å². The highest BCUT2D eigenvalue weighted by Crippen LogP contribution is 2.08. The Balaban J connectivity index is 0.00000338. The fraction of sp³-hybridized carbons (Fsp3) is 0.650. The number of nitrogens with one attached hydrogen (secondary N) is 2. The highest BCUT2D eigenvalue weighted by Gasteiger charge is 2.20. The first kappa shape index (κ1) is 23.2. The lowest BCUT2D eigenvalue weighted by Gasteiger charge is -2.37. The van der Waals surface area contributed by atoms with Crippen molar-refractivity contribution in [1.29, 1.82) is 0 Å². The molecule has 26 heavy (non-hydrogen) atoms. The topological polar surface area (TPSA) is 42.9 Å². The number of likely N-dealkylation sites (N-methyl/N-ethyl adjacent to an activating group) is 1.